The molecule has 1 aromatic rings. The van der Waals surface area contributed by atoms with Crippen molar-refractivity contribution >= 4 is 17.2 Å². The van der Waals surface area contributed by atoms with E-state index >= 15 is 0 Å². The number of rotatable bonds is 1. The van der Waals surface area contributed by atoms with Crippen LogP contribution >= 0.6 is 11.3 Å². The van der Waals surface area contributed by atoms with E-state index in [9.17, 15) is 4.79 Å². The number of nitrogens with two attached hydrogens (primary N) is 1. The molecule has 0 aliphatic carbocycles. The van der Waals surface area contributed by atoms with E-state index in [0.29, 0.717) is 17.9 Å². The van der Waals surface area contributed by atoms with Gasteiger partial charge in [0.25, 0.3) is 5.91 Å². The predicted octanol–water partition coefficient (Wildman–Crippen LogP) is 2.96. The molecule has 0 unspecified atom stereocenters. The summed E-state index contributed by atoms with van der Waals surface area (Å²) in [6.45, 7) is 8.88. The topological polar surface area (TPSA) is 46.3 Å². The van der Waals surface area contributed by atoms with Crippen molar-refractivity contribution < 1.29 is 4.79 Å². The lowest BCUT2D eigenvalue weighted by Gasteiger charge is -2.38. The van der Waals surface area contributed by atoms with Crippen molar-refractivity contribution in [3.8, 4) is 11.8 Å². The third-order valence-electron chi connectivity index (χ3n) is 4.19. The Balaban J connectivity index is 2.04. The van der Waals surface area contributed by atoms with E-state index in [0.717, 1.165) is 36.4 Å². The van der Waals surface area contributed by atoms with Crippen molar-refractivity contribution in [3.63, 3.8) is 0 Å². The van der Waals surface area contributed by atoms with Crippen LogP contribution in [0, 0.1) is 23.2 Å². The molecule has 0 spiro atoms. The summed E-state index contributed by atoms with van der Waals surface area (Å²) >= 11 is 1.47. The Morgan fingerprint density at radius 2 is 2.10 bits per heavy atom. The maximum atomic E-state index is 12.6. The van der Waals surface area contributed by atoms with Gasteiger partial charge in [0.1, 0.15) is 4.88 Å². The molecule has 4 heteroatoms. The molecule has 0 radical (unpaired) electrons. The van der Waals surface area contributed by atoms with Gasteiger partial charge in [0.15, 0.2) is 0 Å². The summed E-state index contributed by atoms with van der Waals surface area (Å²) in [5.74, 6) is 6.64. The third-order valence-corrected chi connectivity index (χ3v) is 5.09. The fourth-order valence-corrected chi connectivity index (χ4v) is 3.63. The Labute approximate surface area is 131 Å². The van der Waals surface area contributed by atoms with Crippen LogP contribution in [0.3, 0.4) is 0 Å². The SMILES string of the molecule is CC(C)(C)C1CCN(C(=O)c2sccc2C#CCN)CC1. The van der Waals surface area contributed by atoms with Gasteiger partial charge < -0.3 is 10.6 Å². The molecule has 3 nitrogen and oxygen atoms in total. The minimum absolute atomic E-state index is 0.124. The molecule has 1 aliphatic rings. The van der Waals surface area contributed by atoms with Crippen LogP contribution in [-0.2, 0) is 0 Å². The number of piperidine rings is 1. The van der Waals surface area contributed by atoms with Gasteiger partial charge in [0, 0.05) is 18.7 Å². The van der Waals surface area contributed by atoms with E-state index in [-0.39, 0.29) is 5.91 Å². The van der Waals surface area contributed by atoms with Crippen LogP contribution in [0.2, 0.25) is 0 Å². The normalized spacial score (nSPS) is 16.5. The molecule has 2 heterocycles. The number of hydrogen-bond donors (Lipinski definition) is 1. The number of amides is 1. The minimum atomic E-state index is 0.124. The number of hydrogen-bond acceptors (Lipinski definition) is 3. The maximum absolute atomic E-state index is 12.6. The summed E-state index contributed by atoms with van der Waals surface area (Å²) in [6, 6.07) is 1.91. The second-order valence-corrected chi connectivity index (χ2v) is 7.52. The number of likely N-dealkylation sites (tertiary alicyclic amines) is 1. The summed E-state index contributed by atoms with van der Waals surface area (Å²) in [6.07, 6.45) is 2.18. The summed E-state index contributed by atoms with van der Waals surface area (Å²) in [5.41, 5.74) is 6.55. The Hall–Kier alpha value is -1.31. The molecule has 1 amide bonds. The van der Waals surface area contributed by atoms with E-state index in [4.69, 9.17) is 5.73 Å². The highest BCUT2D eigenvalue weighted by molar-refractivity contribution is 7.12. The molecule has 0 bridgehead atoms. The van der Waals surface area contributed by atoms with Crippen LogP contribution in [0.4, 0.5) is 0 Å². The Kier molecular flexibility index (Phi) is 5.08. The van der Waals surface area contributed by atoms with Gasteiger partial charge >= 0.3 is 0 Å². The predicted molar refractivity (Wildman–Crippen MR) is 88.3 cm³/mol. The second-order valence-electron chi connectivity index (χ2n) is 6.60. The van der Waals surface area contributed by atoms with Crippen LogP contribution in [0.5, 0.6) is 0 Å². The van der Waals surface area contributed by atoms with Gasteiger partial charge in [-0.1, -0.05) is 32.6 Å². The van der Waals surface area contributed by atoms with E-state index < -0.39 is 0 Å². The summed E-state index contributed by atoms with van der Waals surface area (Å²) in [5, 5.41) is 1.93. The number of carbonyl (C=O) groups is 1. The average Bonchev–Trinajstić information content (AvgIpc) is 2.92. The largest absolute Gasteiger partial charge is 0.338 e. The van der Waals surface area contributed by atoms with Crippen molar-refractivity contribution in [2.24, 2.45) is 17.1 Å². The molecule has 0 atom stereocenters. The molecule has 114 valence electrons. The Bertz CT molecular complexity index is 551. The van der Waals surface area contributed by atoms with Gasteiger partial charge in [0.05, 0.1) is 6.54 Å². The Morgan fingerprint density at radius 1 is 1.43 bits per heavy atom. The van der Waals surface area contributed by atoms with Crippen LogP contribution < -0.4 is 5.73 Å². The van der Waals surface area contributed by atoms with Gasteiger partial charge in [-0.15, -0.1) is 11.3 Å². The molecular formula is C17H24N2OS. The highest BCUT2D eigenvalue weighted by atomic mass is 32.1. The van der Waals surface area contributed by atoms with Crippen LogP contribution in [-0.4, -0.2) is 30.4 Å². The summed E-state index contributed by atoms with van der Waals surface area (Å²) in [7, 11) is 0. The molecule has 2 N–H and O–H groups in total. The van der Waals surface area contributed by atoms with Gasteiger partial charge in [0.2, 0.25) is 0 Å². The van der Waals surface area contributed by atoms with Crippen molar-refractivity contribution in [3.05, 3.63) is 21.9 Å². The van der Waals surface area contributed by atoms with Crippen molar-refractivity contribution in [2.75, 3.05) is 19.6 Å². The van der Waals surface area contributed by atoms with Gasteiger partial charge in [-0.2, -0.15) is 0 Å². The van der Waals surface area contributed by atoms with E-state index in [2.05, 4.69) is 32.6 Å². The fourth-order valence-electron chi connectivity index (χ4n) is 2.81. The highest BCUT2D eigenvalue weighted by Crippen LogP contribution is 2.34. The minimum Gasteiger partial charge on any atom is -0.338 e. The fraction of sp³-hybridized carbons (Fsp3) is 0.588. The first-order chi connectivity index (χ1) is 9.93. The molecule has 1 saturated heterocycles. The quantitative estimate of drug-likeness (QED) is 0.811. The molecule has 1 aliphatic heterocycles. The second kappa shape index (κ2) is 6.64. The number of carbonyl (C=O) groups excluding carboxylic acids is 1. The monoisotopic (exact) mass is 304 g/mol. The molecule has 1 fully saturated rings. The van der Waals surface area contributed by atoms with E-state index in [1.807, 2.05) is 16.3 Å². The number of thiophene rings is 1. The molecule has 0 saturated carbocycles. The molecule has 1 aromatic heterocycles. The lowest BCUT2D eigenvalue weighted by Crippen LogP contribution is -2.41. The smallest absolute Gasteiger partial charge is 0.265 e. The zero-order chi connectivity index (χ0) is 15.5. The number of nitrogens with zero attached hydrogens (tertiary/aromatic N) is 1. The van der Waals surface area contributed by atoms with E-state index in [1.165, 1.54) is 11.3 Å². The third kappa shape index (κ3) is 3.87. The first-order valence-electron chi connectivity index (χ1n) is 7.49. The molecule has 2 rings (SSSR count). The summed E-state index contributed by atoms with van der Waals surface area (Å²) in [4.78, 5) is 15.4. The zero-order valence-corrected chi connectivity index (χ0v) is 13.9. The van der Waals surface area contributed by atoms with Gasteiger partial charge in [-0.25, -0.2) is 0 Å². The first-order valence-corrected chi connectivity index (χ1v) is 8.37. The van der Waals surface area contributed by atoms with Crippen LogP contribution in [0.25, 0.3) is 0 Å². The first kappa shape index (κ1) is 16.1. The Morgan fingerprint density at radius 3 is 2.67 bits per heavy atom. The molecule has 0 aromatic carbocycles. The lowest BCUT2D eigenvalue weighted by atomic mass is 9.75. The lowest BCUT2D eigenvalue weighted by molar-refractivity contribution is 0.0613. The van der Waals surface area contributed by atoms with Crippen LogP contribution in [0.15, 0.2) is 11.4 Å². The zero-order valence-electron chi connectivity index (χ0n) is 13.1. The standard InChI is InChI=1S/C17H24N2OS/c1-17(2,3)14-6-10-19(11-7-14)16(20)15-13(5-4-9-18)8-12-21-15/h8,12,14H,6-7,9-11,18H2,1-3H3. The average molecular weight is 304 g/mol. The summed E-state index contributed by atoms with van der Waals surface area (Å²) < 4.78 is 0. The van der Waals surface area contributed by atoms with Crippen molar-refractivity contribution in [2.45, 2.75) is 33.6 Å². The highest BCUT2D eigenvalue weighted by Gasteiger charge is 2.31. The van der Waals surface area contributed by atoms with Gasteiger partial charge in [-0.05, 0) is 35.6 Å². The van der Waals surface area contributed by atoms with Gasteiger partial charge in [-0.3, -0.25) is 4.79 Å². The van der Waals surface area contributed by atoms with Crippen molar-refractivity contribution in [1.29, 1.82) is 0 Å². The van der Waals surface area contributed by atoms with E-state index in [1.54, 1.807) is 0 Å². The molecular weight excluding hydrogens is 280 g/mol. The molecule has 21 heavy (non-hydrogen) atoms. The van der Waals surface area contributed by atoms with Crippen molar-refractivity contribution in [1.82, 2.24) is 4.90 Å². The van der Waals surface area contributed by atoms with Crippen LogP contribution in [0.1, 0.15) is 48.8 Å². The maximum Gasteiger partial charge on any atom is 0.265 e.